The molecule has 1 aromatic rings. The minimum absolute atomic E-state index is 0.181. The molecule has 0 heterocycles. The van der Waals surface area contributed by atoms with E-state index >= 15 is 0 Å². The molecular weight excluding hydrogens is 174 g/mol. The molecule has 0 aliphatic carbocycles. The average Bonchev–Trinajstić information content (AvgIpc) is 2.10. The Labute approximate surface area is 76.0 Å². The normalized spacial score (nSPS) is 13.0. The van der Waals surface area contributed by atoms with Gasteiger partial charge in [-0.1, -0.05) is 6.92 Å². The summed E-state index contributed by atoms with van der Waals surface area (Å²) in [6.07, 6.45) is 0. The van der Waals surface area contributed by atoms with Crippen LogP contribution in [0.1, 0.15) is 24.0 Å². The Morgan fingerprint density at radius 2 is 1.92 bits per heavy atom. The zero-order valence-electron chi connectivity index (χ0n) is 7.64. The number of aliphatic hydroxyl groups is 1. The first-order valence-corrected chi connectivity index (χ1v) is 4.12. The van der Waals surface area contributed by atoms with Crippen LogP contribution in [0.3, 0.4) is 0 Å². The Morgan fingerprint density at radius 1 is 1.31 bits per heavy atom. The highest BCUT2D eigenvalue weighted by Crippen LogP contribution is 2.21. The molecule has 0 fully saturated rings. The van der Waals surface area contributed by atoms with Crippen LogP contribution in [-0.2, 0) is 0 Å². The van der Waals surface area contributed by atoms with Gasteiger partial charge in [0.15, 0.2) is 0 Å². The minimum atomic E-state index is -0.458. The molecule has 1 atom stereocenters. The van der Waals surface area contributed by atoms with E-state index in [0.29, 0.717) is 0 Å². The fraction of sp³-hybridized carbons (Fsp3) is 0.400. The second-order valence-electron chi connectivity index (χ2n) is 3.21. The first-order valence-electron chi connectivity index (χ1n) is 4.12. The lowest BCUT2D eigenvalue weighted by Crippen LogP contribution is -2.03. The van der Waals surface area contributed by atoms with Gasteiger partial charge in [0.25, 0.3) is 0 Å². The van der Waals surface area contributed by atoms with E-state index in [1.54, 1.807) is 6.92 Å². The van der Waals surface area contributed by atoms with Gasteiger partial charge in [-0.2, -0.15) is 0 Å². The van der Waals surface area contributed by atoms with Crippen LogP contribution in [0.15, 0.2) is 12.1 Å². The largest absolute Gasteiger partial charge is 0.396 e. The van der Waals surface area contributed by atoms with Gasteiger partial charge in [-0.15, -0.1) is 0 Å². The van der Waals surface area contributed by atoms with E-state index in [0.717, 1.165) is 12.1 Å². The van der Waals surface area contributed by atoms with Gasteiger partial charge < -0.3 is 5.11 Å². The van der Waals surface area contributed by atoms with E-state index in [2.05, 4.69) is 0 Å². The molecule has 0 bridgehead atoms. The summed E-state index contributed by atoms with van der Waals surface area (Å²) in [5.74, 6) is -1.26. The molecule has 1 nitrogen and oxygen atoms in total. The molecule has 0 amide bonds. The van der Waals surface area contributed by atoms with Crippen LogP contribution in [-0.4, -0.2) is 11.7 Å². The van der Waals surface area contributed by atoms with Gasteiger partial charge in [0.1, 0.15) is 11.6 Å². The van der Waals surface area contributed by atoms with Crippen molar-refractivity contribution < 1.29 is 13.9 Å². The highest BCUT2D eigenvalue weighted by atomic mass is 19.1. The lowest BCUT2D eigenvalue weighted by molar-refractivity contribution is 0.270. The third-order valence-corrected chi connectivity index (χ3v) is 2.08. The van der Waals surface area contributed by atoms with Crippen molar-refractivity contribution in [1.29, 1.82) is 0 Å². The van der Waals surface area contributed by atoms with Crippen LogP contribution < -0.4 is 0 Å². The predicted molar refractivity (Wildman–Crippen MR) is 46.6 cm³/mol. The lowest BCUT2D eigenvalue weighted by atomic mass is 10.00. The smallest absolute Gasteiger partial charge is 0.127 e. The summed E-state index contributed by atoms with van der Waals surface area (Å²) in [6, 6.07) is 2.29. The van der Waals surface area contributed by atoms with Crippen molar-refractivity contribution in [3.8, 4) is 0 Å². The summed E-state index contributed by atoms with van der Waals surface area (Å²) >= 11 is 0. The SMILES string of the molecule is Cc1cc(F)c([C@H](C)CO)cc1F. The number of hydrogen-bond acceptors (Lipinski definition) is 1. The van der Waals surface area contributed by atoms with Crippen molar-refractivity contribution in [1.82, 2.24) is 0 Å². The number of halogens is 2. The fourth-order valence-corrected chi connectivity index (χ4v) is 1.14. The molecule has 72 valence electrons. The van der Waals surface area contributed by atoms with E-state index < -0.39 is 11.6 Å². The number of rotatable bonds is 2. The third-order valence-electron chi connectivity index (χ3n) is 2.08. The highest BCUT2D eigenvalue weighted by molar-refractivity contribution is 5.27. The number of aryl methyl sites for hydroxylation is 1. The molecule has 0 aliphatic rings. The topological polar surface area (TPSA) is 20.2 Å². The van der Waals surface area contributed by atoms with Crippen LogP contribution in [0.25, 0.3) is 0 Å². The summed E-state index contributed by atoms with van der Waals surface area (Å²) in [5, 5.41) is 8.78. The number of benzene rings is 1. The summed E-state index contributed by atoms with van der Waals surface area (Å²) < 4.78 is 26.2. The maximum atomic E-state index is 13.2. The molecule has 0 saturated heterocycles. The van der Waals surface area contributed by atoms with Gasteiger partial charge in [-0.3, -0.25) is 0 Å². The molecule has 13 heavy (non-hydrogen) atoms. The minimum Gasteiger partial charge on any atom is -0.396 e. The molecular formula is C10H12F2O. The average molecular weight is 186 g/mol. The van der Waals surface area contributed by atoms with Crippen molar-refractivity contribution >= 4 is 0 Å². The van der Waals surface area contributed by atoms with Gasteiger partial charge in [0, 0.05) is 12.5 Å². The summed E-state index contributed by atoms with van der Waals surface area (Å²) in [4.78, 5) is 0. The zero-order valence-corrected chi connectivity index (χ0v) is 7.64. The molecule has 0 unspecified atom stereocenters. The van der Waals surface area contributed by atoms with Gasteiger partial charge in [0.05, 0.1) is 0 Å². The molecule has 0 radical (unpaired) electrons. The van der Waals surface area contributed by atoms with Crippen LogP contribution in [0.5, 0.6) is 0 Å². The standard InChI is InChI=1S/C10H12F2O/c1-6-3-10(12)8(4-9(6)11)7(2)5-13/h3-4,7,13H,5H2,1-2H3/t7-/m1/s1. The zero-order chi connectivity index (χ0) is 10.0. The van der Waals surface area contributed by atoms with E-state index in [1.165, 1.54) is 6.92 Å². The Morgan fingerprint density at radius 3 is 2.46 bits per heavy atom. The Bertz CT molecular complexity index is 310. The quantitative estimate of drug-likeness (QED) is 0.751. The Balaban J connectivity index is 3.15. The maximum absolute atomic E-state index is 13.2. The first-order chi connectivity index (χ1) is 6.06. The molecule has 1 aromatic carbocycles. The third kappa shape index (κ3) is 2.04. The van der Waals surface area contributed by atoms with Crippen LogP contribution >= 0.6 is 0 Å². The molecule has 1 N–H and O–H groups in total. The van der Waals surface area contributed by atoms with E-state index in [1.807, 2.05) is 0 Å². The van der Waals surface area contributed by atoms with Crippen molar-refractivity contribution in [3.05, 3.63) is 34.9 Å². The maximum Gasteiger partial charge on any atom is 0.127 e. The second-order valence-corrected chi connectivity index (χ2v) is 3.21. The van der Waals surface area contributed by atoms with E-state index in [4.69, 9.17) is 5.11 Å². The molecule has 0 aliphatic heterocycles. The summed E-state index contributed by atoms with van der Waals surface area (Å²) in [6.45, 7) is 2.97. The summed E-state index contributed by atoms with van der Waals surface area (Å²) in [7, 11) is 0. The van der Waals surface area contributed by atoms with Crippen LogP contribution in [0.4, 0.5) is 8.78 Å². The predicted octanol–water partition coefficient (Wildman–Crippen LogP) is 2.37. The Kier molecular flexibility index (Phi) is 2.98. The summed E-state index contributed by atoms with van der Waals surface area (Å²) in [5.41, 5.74) is 0.511. The van der Waals surface area contributed by atoms with Gasteiger partial charge in [0.2, 0.25) is 0 Å². The van der Waals surface area contributed by atoms with Crippen molar-refractivity contribution in [2.24, 2.45) is 0 Å². The van der Waals surface area contributed by atoms with Crippen molar-refractivity contribution in [3.63, 3.8) is 0 Å². The van der Waals surface area contributed by atoms with Gasteiger partial charge in [-0.25, -0.2) is 8.78 Å². The number of hydrogen-bond donors (Lipinski definition) is 1. The Hall–Kier alpha value is -0.960. The fourth-order valence-electron chi connectivity index (χ4n) is 1.14. The van der Waals surface area contributed by atoms with Crippen LogP contribution in [0, 0.1) is 18.6 Å². The van der Waals surface area contributed by atoms with Crippen molar-refractivity contribution in [2.45, 2.75) is 19.8 Å². The lowest BCUT2D eigenvalue weighted by Gasteiger charge is -2.10. The molecule has 3 heteroatoms. The van der Waals surface area contributed by atoms with E-state index in [-0.39, 0.29) is 23.7 Å². The number of aliphatic hydroxyl groups excluding tert-OH is 1. The monoisotopic (exact) mass is 186 g/mol. The van der Waals surface area contributed by atoms with Gasteiger partial charge >= 0.3 is 0 Å². The van der Waals surface area contributed by atoms with Crippen LogP contribution in [0.2, 0.25) is 0 Å². The first kappa shape index (κ1) is 10.1. The molecule has 0 saturated carbocycles. The van der Waals surface area contributed by atoms with E-state index in [9.17, 15) is 8.78 Å². The second kappa shape index (κ2) is 3.83. The van der Waals surface area contributed by atoms with Gasteiger partial charge in [-0.05, 0) is 30.2 Å². The highest BCUT2D eigenvalue weighted by Gasteiger charge is 2.12. The molecule has 1 rings (SSSR count). The molecule has 0 spiro atoms. The molecule has 0 aromatic heterocycles. The van der Waals surface area contributed by atoms with Crippen molar-refractivity contribution in [2.75, 3.05) is 6.61 Å².